The number of aromatic nitrogens is 1. The van der Waals surface area contributed by atoms with Crippen LogP contribution in [0.2, 0.25) is 0 Å². The van der Waals surface area contributed by atoms with E-state index in [4.69, 9.17) is 14.2 Å². The molecule has 0 saturated heterocycles. The van der Waals surface area contributed by atoms with Crippen molar-refractivity contribution in [2.45, 2.75) is 66.8 Å². The Balaban J connectivity index is 1.96. The minimum absolute atomic E-state index is 0.220. The Morgan fingerprint density at radius 2 is 2.05 bits per heavy atom. The molecule has 4 nitrogen and oxygen atoms in total. The lowest BCUT2D eigenvalue weighted by molar-refractivity contribution is -0.180. The second-order valence-corrected chi connectivity index (χ2v) is 7.68. The third kappa shape index (κ3) is 4.68. The molecule has 0 N–H and O–H groups in total. The molecule has 0 amide bonds. The lowest BCUT2D eigenvalue weighted by Gasteiger charge is -2.34. The SMILES string of the molecule is Cc1ncc(CCCOCC(C)(C)C)c2c1OC(C)(C)OC2. The maximum absolute atomic E-state index is 5.95. The van der Waals surface area contributed by atoms with Crippen LogP contribution in [0, 0.1) is 12.3 Å². The van der Waals surface area contributed by atoms with Gasteiger partial charge in [0.15, 0.2) is 0 Å². The molecule has 124 valence electrons. The summed E-state index contributed by atoms with van der Waals surface area (Å²) in [6, 6.07) is 0. The molecule has 1 aromatic rings. The quantitative estimate of drug-likeness (QED) is 0.770. The highest BCUT2D eigenvalue weighted by atomic mass is 16.7. The standard InChI is InChI=1S/C18H29NO3/c1-13-16-15(11-21-18(5,6)22-16)14(10-19-13)8-7-9-20-12-17(2,3)4/h10H,7-9,11-12H2,1-6H3. The molecule has 1 aliphatic rings. The molecule has 0 aromatic carbocycles. The maximum Gasteiger partial charge on any atom is 0.205 e. The Kier molecular flexibility index (Phi) is 5.13. The first-order chi connectivity index (χ1) is 10.2. The van der Waals surface area contributed by atoms with Gasteiger partial charge < -0.3 is 14.2 Å². The number of rotatable bonds is 5. The third-order valence-electron chi connectivity index (χ3n) is 3.59. The van der Waals surface area contributed by atoms with Crippen molar-refractivity contribution >= 4 is 0 Å². The highest BCUT2D eigenvalue weighted by Crippen LogP contribution is 2.35. The Hall–Kier alpha value is -1.13. The maximum atomic E-state index is 5.95. The molecule has 1 aromatic heterocycles. The lowest BCUT2D eigenvalue weighted by atomic mass is 9.99. The van der Waals surface area contributed by atoms with Crippen molar-refractivity contribution in [1.82, 2.24) is 4.98 Å². The molecule has 0 saturated carbocycles. The van der Waals surface area contributed by atoms with E-state index in [1.54, 1.807) is 0 Å². The van der Waals surface area contributed by atoms with Crippen LogP contribution < -0.4 is 4.74 Å². The van der Waals surface area contributed by atoms with Gasteiger partial charge in [0.05, 0.1) is 18.9 Å². The van der Waals surface area contributed by atoms with Crippen molar-refractivity contribution in [3.8, 4) is 5.75 Å². The highest BCUT2D eigenvalue weighted by molar-refractivity contribution is 5.42. The normalized spacial score (nSPS) is 17.0. The van der Waals surface area contributed by atoms with Gasteiger partial charge in [-0.25, -0.2) is 0 Å². The molecule has 22 heavy (non-hydrogen) atoms. The van der Waals surface area contributed by atoms with Crippen molar-refractivity contribution in [3.63, 3.8) is 0 Å². The van der Waals surface area contributed by atoms with Gasteiger partial charge in [0.25, 0.3) is 0 Å². The third-order valence-corrected chi connectivity index (χ3v) is 3.59. The molecule has 0 unspecified atom stereocenters. The minimum Gasteiger partial charge on any atom is -0.461 e. The summed E-state index contributed by atoms with van der Waals surface area (Å²) in [5, 5.41) is 0. The average Bonchev–Trinajstić information content (AvgIpc) is 2.39. The van der Waals surface area contributed by atoms with E-state index in [0.717, 1.165) is 43.1 Å². The van der Waals surface area contributed by atoms with Gasteiger partial charge in [-0.05, 0) is 30.7 Å². The first-order valence-corrected chi connectivity index (χ1v) is 8.06. The summed E-state index contributed by atoms with van der Waals surface area (Å²) in [6.07, 6.45) is 3.87. The van der Waals surface area contributed by atoms with Gasteiger partial charge in [-0.2, -0.15) is 0 Å². The van der Waals surface area contributed by atoms with Crippen molar-refractivity contribution in [2.24, 2.45) is 5.41 Å². The molecule has 0 radical (unpaired) electrons. The molecule has 2 rings (SSSR count). The summed E-state index contributed by atoms with van der Waals surface area (Å²) >= 11 is 0. The van der Waals surface area contributed by atoms with Crippen molar-refractivity contribution in [3.05, 3.63) is 23.0 Å². The summed E-state index contributed by atoms with van der Waals surface area (Å²) in [6.45, 7) is 14.5. The van der Waals surface area contributed by atoms with Gasteiger partial charge in [0, 0.05) is 32.2 Å². The summed E-state index contributed by atoms with van der Waals surface area (Å²) in [5.74, 6) is 0.317. The summed E-state index contributed by atoms with van der Waals surface area (Å²) in [4.78, 5) is 4.47. The van der Waals surface area contributed by atoms with Crippen LogP contribution >= 0.6 is 0 Å². The Labute approximate surface area is 134 Å². The van der Waals surface area contributed by atoms with Crippen molar-refractivity contribution < 1.29 is 14.2 Å². The molecule has 0 atom stereocenters. The molecular weight excluding hydrogens is 278 g/mol. The number of hydrogen-bond acceptors (Lipinski definition) is 4. The van der Waals surface area contributed by atoms with Gasteiger partial charge in [-0.1, -0.05) is 20.8 Å². The monoisotopic (exact) mass is 307 g/mol. The van der Waals surface area contributed by atoms with Crippen LogP contribution in [0.4, 0.5) is 0 Å². The molecule has 0 fully saturated rings. The zero-order valence-electron chi connectivity index (χ0n) is 14.8. The second kappa shape index (κ2) is 6.55. The Bertz CT molecular complexity index is 518. The number of ether oxygens (including phenoxy) is 3. The predicted octanol–water partition coefficient (Wildman–Crippen LogP) is 4.03. The molecule has 0 aliphatic carbocycles. The number of pyridine rings is 1. The van der Waals surface area contributed by atoms with Crippen LogP contribution in [-0.4, -0.2) is 24.0 Å². The second-order valence-electron chi connectivity index (χ2n) is 7.68. The van der Waals surface area contributed by atoms with Crippen LogP contribution in [-0.2, 0) is 22.5 Å². The lowest BCUT2D eigenvalue weighted by Crippen LogP contribution is -2.36. The molecule has 0 spiro atoms. The van der Waals surface area contributed by atoms with E-state index in [1.165, 1.54) is 5.56 Å². The zero-order valence-corrected chi connectivity index (χ0v) is 14.8. The van der Waals surface area contributed by atoms with Gasteiger partial charge in [-0.3, -0.25) is 4.98 Å². The summed E-state index contributed by atoms with van der Waals surface area (Å²) in [7, 11) is 0. The molecular formula is C18H29NO3. The molecule has 0 bridgehead atoms. The fourth-order valence-electron chi connectivity index (χ4n) is 2.45. The number of fused-ring (bicyclic) bond motifs is 1. The predicted molar refractivity (Wildman–Crippen MR) is 87.1 cm³/mol. The molecule has 4 heteroatoms. The minimum atomic E-state index is -0.576. The Morgan fingerprint density at radius 1 is 1.32 bits per heavy atom. The molecule has 2 heterocycles. The van der Waals surface area contributed by atoms with Gasteiger partial charge >= 0.3 is 0 Å². The van der Waals surface area contributed by atoms with Crippen LogP contribution in [0.25, 0.3) is 0 Å². The van der Waals surface area contributed by atoms with Gasteiger partial charge in [0.1, 0.15) is 5.75 Å². The first-order valence-electron chi connectivity index (χ1n) is 8.06. The van der Waals surface area contributed by atoms with E-state index >= 15 is 0 Å². The highest BCUT2D eigenvalue weighted by Gasteiger charge is 2.30. The van der Waals surface area contributed by atoms with Crippen molar-refractivity contribution in [2.75, 3.05) is 13.2 Å². The summed E-state index contributed by atoms with van der Waals surface area (Å²) in [5.41, 5.74) is 3.50. The van der Waals surface area contributed by atoms with E-state index in [9.17, 15) is 0 Å². The number of hydrogen-bond donors (Lipinski definition) is 0. The van der Waals surface area contributed by atoms with E-state index in [2.05, 4.69) is 25.8 Å². The van der Waals surface area contributed by atoms with Crippen LogP contribution in [0.15, 0.2) is 6.20 Å². The number of aryl methyl sites for hydroxylation is 2. The summed E-state index contributed by atoms with van der Waals surface area (Å²) < 4.78 is 17.5. The fourth-order valence-corrected chi connectivity index (χ4v) is 2.45. The smallest absolute Gasteiger partial charge is 0.205 e. The first kappa shape index (κ1) is 17.2. The Morgan fingerprint density at radius 3 is 2.73 bits per heavy atom. The molecule has 1 aliphatic heterocycles. The van der Waals surface area contributed by atoms with E-state index in [-0.39, 0.29) is 5.41 Å². The average molecular weight is 307 g/mol. The van der Waals surface area contributed by atoms with Gasteiger partial charge in [0.2, 0.25) is 5.79 Å². The fraction of sp³-hybridized carbons (Fsp3) is 0.722. The van der Waals surface area contributed by atoms with Gasteiger partial charge in [-0.15, -0.1) is 0 Å². The van der Waals surface area contributed by atoms with E-state index in [0.29, 0.717) is 6.61 Å². The van der Waals surface area contributed by atoms with E-state index in [1.807, 2.05) is 27.0 Å². The largest absolute Gasteiger partial charge is 0.461 e. The van der Waals surface area contributed by atoms with Crippen LogP contribution in [0.5, 0.6) is 5.75 Å². The number of nitrogens with zero attached hydrogens (tertiary/aromatic N) is 1. The van der Waals surface area contributed by atoms with E-state index < -0.39 is 5.79 Å². The zero-order chi connectivity index (χ0) is 16.4. The topological polar surface area (TPSA) is 40.6 Å². The van der Waals surface area contributed by atoms with Crippen LogP contribution in [0.3, 0.4) is 0 Å². The van der Waals surface area contributed by atoms with Crippen LogP contribution in [0.1, 0.15) is 57.9 Å². The van der Waals surface area contributed by atoms with Crippen molar-refractivity contribution in [1.29, 1.82) is 0 Å².